The van der Waals surface area contributed by atoms with Crippen LogP contribution in [0.3, 0.4) is 0 Å². The maximum absolute atomic E-state index is 11.8. The van der Waals surface area contributed by atoms with Gasteiger partial charge in [0.25, 0.3) is 5.79 Å². The fourth-order valence-electron chi connectivity index (χ4n) is 3.66. The minimum Gasteiger partial charge on any atom is -0.423 e. The maximum Gasteiger partial charge on any atom is 0.333 e. The number of carbonyl (C=O) groups is 1. The highest BCUT2D eigenvalue weighted by molar-refractivity contribution is 6.74. The van der Waals surface area contributed by atoms with Gasteiger partial charge in [-0.1, -0.05) is 20.8 Å². The summed E-state index contributed by atoms with van der Waals surface area (Å²) in [6, 6.07) is 0. The first-order valence-corrected chi connectivity index (χ1v) is 12.0. The quantitative estimate of drug-likeness (QED) is 0.535. The van der Waals surface area contributed by atoms with Crippen LogP contribution in [0.4, 0.5) is 0 Å². The Kier molecular flexibility index (Phi) is 3.86. The summed E-state index contributed by atoms with van der Waals surface area (Å²) in [5.41, 5.74) is 0. The number of esters is 1. The van der Waals surface area contributed by atoms with Crippen LogP contribution in [0.25, 0.3) is 0 Å². The van der Waals surface area contributed by atoms with Gasteiger partial charge in [0.2, 0.25) is 0 Å². The molecule has 4 heterocycles. The zero-order valence-electron chi connectivity index (χ0n) is 16.4. The molecule has 0 N–H and O–H groups in total. The third-order valence-electron chi connectivity index (χ3n) is 5.98. The summed E-state index contributed by atoms with van der Waals surface area (Å²) in [7, 11) is -2.18. The van der Waals surface area contributed by atoms with Gasteiger partial charge in [0.1, 0.15) is 24.4 Å². The van der Waals surface area contributed by atoms with Crippen LogP contribution in [0.15, 0.2) is 12.2 Å². The molecule has 26 heavy (non-hydrogen) atoms. The van der Waals surface area contributed by atoms with E-state index >= 15 is 0 Å². The van der Waals surface area contributed by atoms with Crippen molar-refractivity contribution in [2.24, 2.45) is 0 Å². The van der Waals surface area contributed by atoms with Gasteiger partial charge in [0.05, 0.1) is 0 Å². The second-order valence-corrected chi connectivity index (χ2v) is 14.2. The second kappa shape index (κ2) is 5.39. The van der Waals surface area contributed by atoms with Gasteiger partial charge in [-0.05, 0) is 38.1 Å². The molecular weight excluding hydrogens is 356 g/mol. The summed E-state index contributed by atoms with van der Waals surface area (Å²) in [4.78, 5) is 11.8. The third-order valence-corrected chi connectivity index (χ3v) is 10.4. The predicted octanol–water partition coefficient (Wildman–Crippen LogP) is 2.46. The highest BCUT2D eigenvalue weighted by Crippen LogP contribution is 2.51. The molecule has 0 aromatic carbocycles. The average molecular weight is 385 g/mol. The van der Waals surface area contributed by atoms with Gasteiger partial charge in [-0.15, -0.1) is 0 Å². The van der Waals surface area contributed by atoms with E-state index in [9.17, 15) is 4.79 Å². The topological polar surface area (TPSA) is 72.5 Å². The molecule has 0 aliphatic carbocycles. The first-order valence-electron chi connectivity index (χ1n) is 9.13. The fourth-order valence-corrected chi connectivity index (χ4v) is 4.95. The summed E-state index contributed by atoms with van der Waals surface area (Å²) in [6.07, 6.45) is 0.729. The van der Waals surface area contributed by atoms with E-state index in [0.29, 0.717) is 0 Å². The molecule has 3 saturated heterocycles. The van der Waals surface area contributed by atoms with Crippen LogP contribution >= 0.6 is 0 Å². The molecule has 6 atom stereocenters. The smallest absolute Gasteiger partial charge is 0.333 e. The number of fused-ring (bicyclic) bond motifs is 3. The van der Waals surface area contributed by atoms with E-state index in [1.54, 1.807) is 6.08 Å². The van der Waals surface area contributed by atoms with Crippen LogP contribution in [0.5, 0.6) is 0 Å². The van der Waals surface area contributed by atoms with E-state index in [1.165, 1.54) is 6.08 Å². The van der Waals surface area contributed by atoms with Crippen LogP contribution in [0.1, 0.15) is 34.6 Å². The van der Waals surface area contributed by atoms with E-state index in [2.05, 4.69) is 33.9 Å². The first-order chi connectivity index (χ1) is 11.8. The van der Waals surface area contributed by atoms with E-state index in [0.717, 1.165) is 0 Å². The average Bonchev–Trinajstić information content (AvgIpc) is 3.14. The molecule has 1 spiro atoms. The van der Waals surface area contributed by atoms with Crippen molar-refractivity contribution in [3.05, 3.63) is 12.2 Å². The van der Waals surface area contributed by atoms with Crippen LogP contribution in [-0.4, -0.2) is 56.6 Å². The second-order valence-electron chi connectivity index (χ2n) is 9.43. The molecule has 8 heteroatoms. The lowest BCUT2D eigenvalue weighted by atomic mass is 10.0. The standard InChI is InChI=1S/C18H28O7Si/c1-16(2,3)26(6,7)25-14-12-11(23-18(14)9-8-10(19)21-18)13-15(20-12)24-17(4,5)22-13/h8-9,11-15H,1-7H3/t11-,12-,13+,14+,15+,18?/m0/s1. The minimum absolute atomic E-state index is 0.0118. The largest absolute Gasteiger partial charge is 0.423 e. The van der Waals surface area contributed by atoms with E-state index in [4.69, 9.17) is 28.1 Å². The van der Waals surface area contributed by atoms with Crippen molar-refractivity contribution in [2.45, 2.75) is 95.0 Å². The zero-order valence-corrected chi connectivity index (χ0v) is 17.4. The minimum atomic E-state index is -2.18. The Balaban J connectivity index is 1.65. The Morgan fingerprint density at radius 2 is 1.77 bits per heavy atom. The Hall–Kier alpha value is -0.773. The molecule has 0 aromatic heterocycles. The molecule has 0 amide bonds. The fraction of sp³-hybridized carbons (Fsp3) is 0.833. The van der Waals surface area contributed by atoms with E-state index < -0.39 is 50.5 Å². The van der Waals surface area contributed by atoms with Gasteiger partial charge < -0.3 is 28.1 Å². The molecular formula is C18H28O7Si. The summed E-state index contributed by atoms with van der Waals surface area (Å²) >= 11 is 0. The highest BCUT2D eigenvalue weighted by atomic mass is 28.4. The van der Waals surface area contributed by atoms with Crippen LogP contribution in [0.2, 0.25) is 18.1 Å². The zero-order chi connectivity index (χ0) is 19.1. The predicted molar refractivity (Wildman–Crippen MR) is 93.6 cm³/mol. The first kappa shape index (κ1) is 18.6. The summed E-state index contributed by atoms with van der Waals surface area (Å²) in [5, 5.41) is -0.0118. The van der Waals surface area contributed by atoms with Gasteiger partial charge >= 0.3 is 5.97 Å². The Morgan fingerprint density at radius 3 is 2.35 bits per heavy atom. The molecule has 0 bridgehead atoms. The van der Waals surface area contributed by atoms with E-state index in [-0.39, 0.29) is 11.1 Å². The molecule has 0 saturated carbocycles. The molecule has 0 radical (unpaired) electrons. The Morgan fingerprint density at radius 1 is 1.08 bits per heavy atom. The van der Waals surface area contributed by atoms with Crippen molar-refractivity contribution < 1.29 is 32.9 Å². The van der Waals surface area contributed by atoms with Crippen molar-refractivity contribution in [3.63, 3.8) is 0 Å². The van der Waals surface area contributed by atoms with E-state index in [1.807, 2.05) is 13.8 Å². The molecule has 4 aliphatic heterocycles. The van der Waals surface area contributed by atoms with Gasteiger partial charge in [-0.25, -0.2) is 4.79 Å². The lowest BCUT2D eigenvalue weighted by Gasteiger charge is -2.41. The monoisotopic (exact) mass is 384 g/mol. The lowest BCUT2D eigenvalue weighted by Crippen LogP contribution is -2.54. The van der Waals surface area contributed by atoms with Crippen molar-refractivity contribution in [3.8, 4) is 0 Å². The van der Waals surface area contributed by atoms with Gasteiger partial charge in [-0.3, -0.25) is 0 Å². The number of carbonyl (C=O) groups excluding carboxylic acids is 1. The van der Waals surface area contributed by atoms with Crippen molar-refractivity contribution >= 4 is 14.3 Å². The maximum atomic E-state index is 11.8. The summed E-state index contributed by atoms with van der Waals surface area (Å²) in [5.74, 6) is -2.44. The number of hydrogen-bond acceptors (Lipinski definition) is 7. The molecule has 3 fully saturated rings. The van der Waals surface area contributed by atoms with Crippen LogP contribution < -0.4 is 0 Å². The Labute approximate surface area is 155 Å². The van der Waals surface area contributed by atoms with Crippen molar-refractivity contribution in [1.82, 2.24) is 0 Å². The molecule has 0 aromatic rings. The number of ether oxygens (including phenoxy) is 5. The van der Waals surface area contributed by atoms with Crippen LogP contribution in [-0.2, 0) is 32.9 Å². The van der Waals surface area contributed by atoms with Crippen molar-refractivity contribution in [2.75, 3.05) is 0 Å². The number of rotatable bonds is 2. The van der Waals surface area contributed by atoms with Gasteiger partial charge in [0, 0.05) is 6.08 Å². The van der Waals surface area contributed by atoms with Crippen molar-refractivity contribution in [1.29, 1.82) is 0 Å². The summed E-state index contributed by atoms with van der Waals surface area (Å²) < 4.78 is 36.4. The molecule has 146 valence electrons. The third kappa shape index (κ3) is 2.70. The summed E-state index contributed by atoms with van der Waals surface area (Å²) in [6.45, 7) is 14.5. The Bertz CT molecular complexity index is 652. The highest BCUT2D eigenvalue weighted by Gasteiger charge is 2.70. The molecule has 4 rings (SSSR count). The van der Waals surface area contributed by atoms with Gasteiger partial charge in [-0.2, -0.15) is 0 Å². The SMILES string of the molecule is CC1(C)O[C@H]2O[C@H]3[C@H](OC4(C=CC(=O)O4)[C@@H]3O[Si](C)(C)C(C)(C)C)[C@H]2O1. The molecule has 1 unspecified atom stereocenters. The molecule has 7 nitrogen and oxygen atoms in total. The van der Waals surface area contributed by atoms with Crippen LogP contribution in [0, 0.1) is 0 Å². The normalized spacial score (nSPS) is 43.8. The lowest BCUT2D eigenvalue weighted by molar-refractivity contribution is -0.225. The number of hydrogen-bond donors (Lipinski definition) is 0. The van der Waals surface area contributed by atoms with Gasteiger partial charge in [0.15, 0.2) is 20.4 Å². The molecule has 4 aliphatic rings.